The first-order chi connectivity index (χ1) is 11.5. The number of benzene rings is 1. The third-order valence-corrected chi connectivity index (χ3v) is 5.07. The highest BCUT2D eigenvalue weighted by atomic mass is 19.1. The number of amides is 2. The van der Waals surface area contributed by atoms with Crippen molar-refractivity contribution < 1.29 is 19.1 Å². The van der Waals surface area contributed by atoms with Crippen LogP contribution in [0.1, 0.15) is 43.0 Å². The number of carbonyl (C=O) groups is 2. The average molecular weight is 334 g/mol. The van der Waals surface area contributed by atoms with E-state index >= 15 is 0 Å². The maximum atomic E-state index is 14.2. The molecule has 1 N–H and O–H groups in total. The SMILES string of the molecule is CC(O)C1CCN(C(=O)c2cc(N3CCCC3=O)ccc2F)CC1. The van der Waals surface area contributed by atoms with Crippen LogP contribution in [0.25, 0.3) is 0 Å². The van der Waals surface area contributed by atoms with Gasteiger partial charge in [0, 0.05) is 31.7 Å². The monoisotopic (exact) mass is 334 g/mol. The van der Waals surface area contributed by atoms with E-state index in [-0.39, 0.29) is 29.4 Å². The van der Waals surface area contributed by atoms with E-state index in [4.69, 9.17) is 0 Å². The molecule has 1 unspecified atom stereocenters. The number of rotatable bonds is 3. The van der Waals surface area contributed by atoms with Gasteiger partial charge in [0.2, 0.25) is 5.91 Å². The number of aliphatic hydroxyl groups excluding tert-OH is 1. The standard InChI is InChI=1S/C18H23FN2O3/c1-12(22)13-6-9-20(10-7-13)18(24)15-11-14(4-5-16(15)19)21-8-2-3-17(21)23/h4-5,11-13,22H,2-3,6-10H2,1H3. The lowest BCUT2D eigenvalue weighted by atomic mass is 9.92. The number of piperidine rings is 1. The largest absolute Gasteiger partial charge is 0.393 e. The van der Waals surface area contributed by atoms with E-state index in [0.29, 0.717) is 31.7 Å². The first-order valence-electron chi connectivity index (χ1n) is 8.54. The molecule has 0 bridgehead atoms. The molecule has 3 rings (SSSR count). The summed E-state index contributed by atoms with van der Waals surface area (Å²) in [7, 11) is 0. The van der Waals surface area contributed by atoms with Crippen molar-refractivity contribution in [1.29, 1.82) is 0 Å². The lowest BCUT2D eigenvalue weighted by Gasteiger charge is -2.33. The number of halogens is 1. The van der Waals surface area contributed by atoms with Gasteiger partial charge in [0.15, 0.2) is 0 Å². The van der Waals surface area contributed by atoms with Crippen LogP contribution in [0.2, 0.25) is 0 Å². The van der Waals surface area contributed by atoms with Gasteiger partial charge in [-0.05, 0) is 50.3 Å². The lowest BCUT2D eigenvalue weighted by molar-refractivity contribution is -0.117. The van der Waals surface area contributed by atoms with E-state index in [0.717, 1.165) is 19.3 Å². The highest BCUT2D eigenvalue weighted by Crippen LogP contribution is 2.26. The fourth-order valence-electron chi connectivity index (χ4n) is 3.52. The molecule has 2 aliphatic heterocycles. The Hall–Kier alpha value is -1.95. The normalized spacial score (nSPS) is 20.5. The van der Waals surface area contributed by atoms with Gasteiger partial charge >= 0.3 is 0 Å². The van der Waals surface area contributed by atoms with Crippen LogP contribution in [0.15, 0.2) is 18.2 Å². The molecule has 1 aromatic carbocycles. The molecule has 5 nitrogen and oxygen atoms in total. The van der Waals surface area contributed by atoms with Gasteiger partial charge in [0.1, 0.15) is 5.82 Å². The van der Waals surface area contributed by atoms with Crippen LogP contribution in [0.3, 0.4) is 0 Å². The molecule has 2 fully saturated rings. The van der Waals surface area contributed by atoms with Crippen LogP contribution in [0.5, 0.6) is 0 Å². The number of aliphatic hydroxyl groups is 1. The van der Waals surface area contributed by atoms with Crippen LogP contribution in [-0.4, -0.2) is 47.6 Å². The van der Waals surface area contributed by atoms with E-state index in [9.17, 15) is 19.1 Å². The minimum Gasteiger partial charge on any atom is -0.393 e. The van der Waals surface area contributed by atoms with Crippen molar-refractivity contribution in [2.24, 2.45) is 5.92 Å². The van der Waals surface area contributed by atoms with Gasteiger partial charge in [-0.2, -0.15) is 0 Å². The van der Waals surface area contributed by atoms with Gasteiger partial charge in [-0.15, -0.1) is 0 Å². The first-order valence-corrected chi connectivity index (χ1v) is 8.54. The molecule has 2 saturated heterocycles. The van der Waals surface area contributed by atoms with E-state index in [1.165, 1.54) is 12.1 Å². The van der Waals surface area contributed by atoms with Gasteiger partial charge in [0.05, 0.1) is 11.7 Å². The number of anilines is 1. The maximum Gasteiger partial charge on any atom is 0.256 e. The smallest absolute Gasteiger partial charge is 0.256 e. The predicted octanol–water partition coefficient (Wildman–Crippen LogP) is 2.19. The zero-order valence-electron chi connectivity index (χ0n) is 13.9. The molecule has 24 heavy (non-hydrogen) atoms. The van der Waals surface area contributed by atoms with Crippen molar-refractivity contribution in [3.05, 3.63) is 29.6 Å². The second kappa shape index (κ2) is 6.89. The molecule has 6 heteroatoms. The lowest BCUT2D eigenvalue weighted by Crippen LogP contribution is -2.41. The predicted molar refractivity (Wildman–Crippen MR) is 88.3 cm³/mol. The highest BCUT2D eigenvalue weighted by molar-refractivity contribution is 5.99. The molecular formula is C18H23FN2O3. The molecule has 1 atom stereocenters. The molecule has 2 amide bonds. The highest BCUT2D eigenvalue weighted by Gasteiger charge is 2.28. The Balaban J connectivity index is 1.76. The molecule has 1 aromatic rings. The number of likely N-dealkylation sites (tertiary alicyclic amines) is 1. The van der Waals surface area contributed by atoms with Crippen LogP contribution >= 0.6 is 0 Å². The third-order valence-electron chi connectivity index (χ3n) is 5.07. The molecule has 0 aromatic heterocycles. The molecule has 0 saturated carbocycles. The summed E-state index contributed by atoms with van der Waals surface area (Å²) in [5, 5.41) is 9.64. The second-order valence-corrected chi connectivity index (χ2v) is 6.68. The second-order valence-electron chi connectivity index (χ2n) is 6.68. The molecule has 0 spiro atoms. The summed E-state index contributed by atoms with van der Waals surface area (Å²) in [6, 6.07) is 4.30. The molecule has 0 radical (unpaired) electrons. The molecule has 130 valence electrons. The number of carbonyl (C=O) groups excluding carboxylic acids is 2. The fraction of sp³-hybridized carbons (Fsp3) is 0.556. The van der Waals surface area contributed by atoms with Crippen molar-refractivity contribution in [3.63, 3.8) is 0 Å². The van der Waals surface area contributed by atoms with Crippen LogP contribution in [0, 0.1) is 11.7 Å². The fourth-order valence-corrected chi connectivity index (χ4v) is 3.52. The van der Waals surface area contributed by atoms with Crippen LogP contribution in [0.4, 0.5) is 10.1 Å². The summed E-state index contributed by atoms with van der Waals surface area (Å²) < 4.78 is 14.2. The zero-order chi connectivity index (χ0) is 17.3. The van der Waals surface area contributed by atoms with E-state index in [2.05, 4.69) is 0 Å². The summed E-state index contributed by atoms with van der Waals surface area (Å²) >= 11 is 0. The molecule has 2 aliphatic rings. The Morgan fingerprint density at radius 3 is 2.58 bits per heavy atom. The Bertz CT molecular complexity index is 639. The molecule has 2 heterocycles. The van der Waals surface area contributed by atoms with Crippen molar-refractivity contribution in [2.75, 3.05) is 24.5 Å². The minimum absolute atomic E-state index is 0.0118. The van der Waals surface area contributed by atoms with E-state index in [1.54, 1.807) is 22.8 Å². The Kier molecular flexibility index (Phi) is 4.85. The van der Waals surface area contributed by atoms with E-state index < -0.39 is 5.82 Å². The van der Waals surface area contributed by atoms with Crippen molar-refractivity contribution >= 4 is 17.5 Å². The van der Waals surface area contributed by atoms with Gasteiger partial charge in [-0.1, -0.05) is 0 Å². The Labute approximate surface area is 141 Å². The quantitative estimate of drug-likeness (QED) is 0.922. The number of hydrogen-bond acceptors (Lipinski definition) is 3. The van der Waals surface area contributed by atoms with Gasteiger partial charge < -0.3 is 14.9 Å². The summed E-state index contributed by atoms with van der Waals surface area (Å²) in [4.78, 5) is 27.8. The minimum atomic E-state index is -0.562. The van der Waals surface area contributed by atoms with Crippen molar-refractivity contribution in [2.45, 2.75) is 38.7 Å². The van der Waals surface area contributed by atoms with E-state index in [1.807, 2.05) is 0 Å². The van der Waals surface area contributed by atoms with Gasteiger partial charge in [0.25, 0.3) is 5.91 Å². The topological polar surface area (TPSA) is 60.9 Å². The summed E-state index contributed by atoms with van der Waals surface area (Å²) in [6.45, 7) is 3.40. The number of hydrogen-bond donors (Lipinski definition) is 1. The Morgan fingerprint density at radius 1 is 1.29 bits per heavy atom. The van der Waals surface area contributed by atoms with Gasteiger partial charge in [-0.3, -0.25) is 9.59 Å². The summed E-state index contributed by atoms with van der Waals surface area (Å²) in [5.41, 5.74) is 0.601. The first kappa shape index (κ1) is 16.9. The number of nitrogens with zero attached hydrogens (tertiary/aromatic N) is 2. The zero-order valence-corrected chi connectivity index (χ0v) is 13.9. The average Bonchev–Trinajstić information content (AvgIpc) is 3.01. The van der Waals surface area contributed by atoms with Crippen molar-refractivity contribution in [1.82, 2.24) is 4.90 Å². The molecule has 0 aliphatic carbocycles. The van der Waals surface area contributed by atoms with Gasteiger partial charge in [-0.25, -0.2) is 4.39 Å². The molecular weight excluding hydrogens is 311 g/mol. The van der Waals surface area contributed by atoms with Crippen LogP contribution < -0.4 is 4.90 Å². The van der Waals surface area contributed by atoms with Crippen LogP contribution in [-0.2, 0) is 4.79 Å². The van der Waals surface area contributed by atoms with Crippen molar-refractivity contribution in [3.8, 4) is 0 Å². The maximum absolute atomic E-state index is 14.2. The Morgan fingerprint density at radius 2 is 2.00 bits per heavy atom. The third kappa shape index (κ3) is 3.29. The summed E-state index contributed by atoms with van der Waals surface area (Å²) in [6.07, 6.45) is 2.33. The summed E-state index contributed by atoms with van der Waals surface area (Å²) in [5.74, 6) is -0.705.